The maximum absolute atomic E-state index is 14.1. The van der Waals surface area contributed by atoms with Crippen LogP contribution in [-0.2, 0) is 0 Å². The highest BCUT2D eigenvalue weighted by Crippen LogP contribution is 2.27. The van der Waals surface area contributed by atoms with Gasteiger partial charge in [-0.3, -0.25) is 0 Å². The summed E-state index contributed by atoms with van der Waals surface area (Å²) in [6.07, 6.45) is 3.61. The molecule has 1 aromatic rings. The SMILES string of the molecule is NC(=S)c1ccc(NCCCN2CCCC2)c(F)c1Br. The molecule has 1 heterocycles. The summed E-state index contributed by atoms with van der Waals surface area (Å²) in [5.41, 5.74) is 6.55. The molecule has 0 amide bonds. The van der Waals surface area contributed by atoms with Crippen molar-refractivity contribution in [2.24, 2.45) is 5.73 Å². The largest absolute Gasteiger partial charge is 0.389 e. The van der Waals surface area contributed by atoms with Crippen molar-refractivity contribution in [3.8, 4) is 0 Å². The quantitative estimate of drug-likeness (QED) is 0.604. The Hall–Kier alpha value is -0.720. The summed E-state index contributed by atoms with van der Waals surface area (Å²) >= 11 is 8.08. The number of hydrogen-bond acceptors (Lipinski definition) is 3. The highest BCUT2D eigenvalue weighted by Gasteiger charge is 2.13. The first kappa shape index (κ1) is 15.7. The number of anilines is 1. The number of nitrogens with zero attached hydrogens (tertiary/aromatic N) is 1. The molecule has 0 bridgehead atoms. The van der Waals surface area contributed by atoms with Gasteiger partial charge in [0.05, 0.1) is 10.2 Å². The van der Waals surface area contributed by atoms with E-state index in [2.05, 4.69) is 26.1 Å². The van der Waals surface area contributed by atoms with Gasteiger partial charge in [-0.05, 0) is 67.0 Å². The van der Waals surface area contributed by atoms with Crippen molar-refractivity contribution in [3.63, 3.8) is 0 Å². The molecule has 0 saturated carbocycles. The van der Waals surface area contributed by atoms with E-state index in [1.165, 1.54) is 25.9 Å². The monoisotopic (exact) mass is 359 g/mol. The van der Waals surface area contributed by atoms with Crippen LogP contribution < -0.4 is 11.1 Å². The summed E-state index contributed by atoms with van der Waals surface area (Å²) < 4.78 is 14.4. The van der Waals surface area contributed by atoms with Gasteiger partial charge in [0.25, 0.3) is 0 Å². The second-order valence-electron chi connectivity index (χ2n) is 4.98. The molecule has 2 rings (SSSR count). The Balaban J connectivity index is 1.86. The summed E-state index contributed by atoms with van der Waals surface area (Å²) in [4.78, 5) is 2.64. The average molecular weight is 360 g/mol. The summed E-state index contributed by atoms with van der Waals surface area (Å²) in [6.45, 7) is 4.22. The number of thiocarbonyl (C=S) groups is 1. The van der Waals surface area contributed by atoms with E-state index >= 15 is 0 Å². The maximum atomic E-state index is 14.1. The predicted molar refractivity (Wildman–Crippen MR) is 88.8 cm³/mol. The van der Waals surface area contributed by atoms with Crippen LogP contribution >= 0.6 is 28.1 Å². The zero-order valence-electron chi connectivity index (χ0n) is 11.3. The predicted octanol–water partition coefficient (Wildman–Crippen LogP) is 3.12. The fourth-order valence-corrected chi connectivity index (χ4v) is 3.27. The summed E-state index contributed by atoms with van der Waals surface area (Å²) in [6, 6.07) is 3.42. The molecule has 3 N–H and O–H groups in total. The fourth-order valence-electron chi connectivity index (χ4n) is 2.41. The van der Waals surface area contributed by atoms with Crippen LogP contribution in [-0.4, -0.2) is 36.1 Å². The van der Waals surface area contributed by atoms with Crippen LogP contribution in [0.3, 0.4) is 0 Å². The first-order chi connectivity index (χ1) is 9.59. The van der Waals surface area contributed by atoms with Crippen LogP contribution in [0.4, 0.5) is 10.1 Å². The Morgan fingerprint density at radius 1 is 1.40 bits per heavy atom. The Morgan fingerprint density at radius 2 is 2.10 bits per heavy atom. The lowest BCUT2D eigenvalue weighted by molar-refractivity contribution is 0.337. The average Bonchev–Trinajstić information content (AvgIpc) is 2.92. The fraction of sp³-hybridized carbons (Fsp3) is 0.500. The van der Waals surface area contributed by atoms with Crippen molar-refractivity contribution in [2.75, 3.05) is 31.5 Å². The van der Waals surface area contributed by atoms with Gasteiger partial charge >= 0.3 is 0 Å². The molecule has 6 heteroatoms. The first-order valence-electron chi connectivity index (χ1n) is 6.83. The third kappa shape index (κ3) is 3.90. The number of nitrogens with two attached hydrogens (primary N) is 1. The highest BCUT2D eigenvalue weighted by atomic mass is 79.9. The minimum Gasteiger partial charge on any atom is -0.389 e. The van der Waals surface area contributed by atoms with Gasteiger partial charge in [0.2, 0.25) is 0 Å². The summed E-state index contributed by atoms with van der Waals surface area (Å²) in [7, 11) is 0. The van der Waals surface area contributed by atoms with Crippen LogP contribution in [0, 0.1) is 5.82 Å². The summed E-state index contributed by atoms with van der Waals surface area (Å²) in [5, 5.41) is 3.13. The number of nitrogens with one attached hydrogen (secondary N) is 1. The van der Waals surface area contributed by atoms with Gasteiger partial charge in [0.1, 0.15) is 4.99 Å². The van der Waals surface area contributed by atoms with E-state index in [0.29, 0.717) is 15.7 Å². The third-order valence-electron chi connectivity index (χ3n) is 3.51. The van der Waals surface area contributed by atoms with E-state index in [1.807, 2.05) is 0 Å². The Labute approximate surface area is 132 Å². The number of benzene rings is 1. The minimum absolute atomic E-state index is 0.191. The topological polar surface area (TPSA) is 41.3 Å². The Morgan fingerprint density at radius 3 is 2.75 bits per heavy atom. The van der Waals surface area contributed by atoms with Gasteiger partial charge in [-0.1, -0.05) is 12.2 Å². The van der Waals surface area contributed by atoms with Gasteiger partial charge in [-0.2, -0.15) is 0 Å². The molecule has 1 saturated heterocycles. The lowest BCUT2D eigenvalue weighted by Crippen LogP contribution is -2.22. The van der Waals surface area contributed by atoms with Crippen molar-refractivity contribution < 1.29 is 4.39 Å². The van der Waals surface area contributed by atoms with Gasteiger partial charge in [-0.25, -0.2) is 4.39 Å². The van der Waals surface area contributed by atoms with E-state index in [0.717, 1.165) is 19.5 Å². The van der Waals surface area contributed by atoms with Gasteiger partial charge in [0.15, 0.2) is 5.82 Å². The minimum atomic E-state index is -0.337. The zero-order valence-corrected chi connectivity index (χ0v) is 13.7. The van der Waals surface area contributed by atoms with E-state index in [1.54, 1.807) is 12.1 Å². The number of hydrogen-bond donors (Lipinski definition) is 2. The molecule has 20 heavy (non-hydrogen) atoms. The first-order valence-corrected chi connectivity index (χ1v) is 8.03. The standard InChI is InChI=1S/C14H19BrFN3S/c15-12-10(14(17)20)4-5-11(13(12)16)18-6-3-9-19-7-1-2-8-19/h4-5,18H,1-3,6-9H2,(H2,17,20). The summed E-state index contributed by atoms with van der Waals surface area (Å²) in [5.74, 6) is -0.337. The van der Waals surface area contributed by atoms with E-state index < -0.39 is 0 Å². The Bertz CT molecular complexity index is 490. The lowest BCUT2D eigenvalue weighted by Gasteiger charge is -2.15. The normalized spacial score (nSPS) is 15.5. The number of halogens is 2. The van der Waals surface area contributed by atoms with Gasteiger partial charge in [0, 0.05) is 12.1 Å². The second kappa shape index (κ2) is 7.33. The molecule has 1 aromatic carbocycles. The molecule has 0 spiro atoms. The number of likely N-dealkylation sites (tertiary alicyclic amines) is 1. The molecule has 110 valence electrons. The Kier molecular flexibility index (Phi) is 5.74. The smallest absolute Gasteiger partial charge is 0.161 e. The van der Waals surface area contributed by atoms with Crippen molar-refractivity contribution in [1.82, 2.24) is 4.90 Å². The molecule has 0 unspecified atom stereocenters. The van der Waals surface area contributed by atoms with E-state index in [4.69, 9.17) is 18.0 Å². The van der Waals surface area contributed by atoms with Crippen molar-refractivity contribution in [2.45, 2.75) is 19.3 Å². The van der Waals surface area contributed by atoms with E-state index in [-0.39, 0.29) is 10.8 Å². The van der Waals surface area contributed by atoms with Crippen LogP contribution in [0.15, 0.2) is 16.6 Å². The molecule has 0 aliphatic carbocycles. The van der Waals surface area contributed by atoms with Crippen LogP contribution in [0.25, 0.3) is 0 Å². The molecule has 1 aliphatic rings. The molecule has 3 nitrogen and oxygen atoms in total. The zero-order chi connectivity index (χ0) is 14.5. The lowest BCUT2D eigenvalue weighted by atomic mass is 10.2. The highest BCUT2D eigenvalue weighted by molar-refractivity contribution is 9.10. The second-order valence-corrected chi connectivity index (χ2v) is 6.21. The van der Waals surface area contributed by atoms with Crippen molar-refractivity contribution >= 4 is 38.8 Å². The van der Waals surface area contributed by atoms with Gasteiger partial charge in [-0.15, -0.1) is 0 Å². The van der Waals surface area contributed by atoms with Crippen LogP contribution in [0.2, 0.25) is 0 Å². The molecule has 0 atom stereocenters. The molecular formula is C14H19BrFN3S. The molecule has 1 aliphatic heterocycles. The maximum Gasteiger partial charge on any atom is 0.161 e. The van der Waals surface area contributed by atoms with E-state index in [9.17, 15) is 4.39 Å². The number of rotatable bonds is 6. The molecular weight excluding hydrogens is 341 g/mol. The molecule has 0 aromatic heterocycles. The van der Waals surface area contributed by atoms with Crippen LogP contribution in [0.1, 0.15) is 24.8 Å². The molecule has 0 radical (unpaired) electrons. The van der Waals surface area contributed by atoms with Gasteiger partial charge < -0.3 is 16.0 Å². The van der Waals surface area contributed by atoms with Crippen molar-refractivity contribution in [3.05, 3.63) is 28.0 Å². The third-order valence-corrected chi connectivity index (χ3v) is 4.51. The molecule has 1 fully saturated rings. The van der Waals surface area contributed by atoms with Crippen molar-refractivity contribution in [1.29, 1.82) is 0 Å². The van der Waals surface area contributed by atoms with Crippen LogP contribution in [0.5, 0.6) is 0 Å².